The monoisotopic (exact) mass is 436 g/mol. The maximum absolute atomic E-state index is 12.8. The normalized spacial score (nSPS) is 16.7. The van der Waals surface area contributed by atoms with Gasteiger partial charge in [-0.05, 0) is 71.8 Å². The van der Waals surface area contributed by atoms with Gasteiger partial charge >= 0.3 is 6.03 Å². The zero-order valence-corrected chi connectivity index (χ0v) is 15.1. The van der Waals surface area contributed by atoms with Crippen LogP contribution in [-0.2, 0) is 9.59 Å². The largest absolute Gasteiger partial charge is 0.451 e. The number of carbonyl (C=O) groups excluding carboxylic acids is 3. The number of nitrogens with one attached hydrogen (secondary N) is 1. The molecule has 0 radical (unpaired) electrons. The molecule has 122 valence electrons. The van der Waals surface area contributed by atoms with Crippen molar-refractivity contribution in [1.29, 1.82) is 0 Å². The highest BCUT2D eigenvalue weighted by Crippen LogP contribution is 2.27. The Morgan fingerprint density at radius 3 is 2.54 bits per heavy atom. The van der Waals surface area contributed by atoms with Crippen LogP contribution in [0.4, 0.5) is 10.5 Å². The second-order valence-corrected chi connectivity index (χ2v) is 6.38. The van der Waals surface area contributed by atoms with E-state index in [2.05, 4.69) is 5.32 Å². The molecule has 2 aromatic rings. The number of nitrogens with zero attached hydrogens (tertiary/aromatic N) is 1. The van der Waals surface area contributed by atoms with Gasteiger partial charge in [-0.25, -0.2) is 9.69 Å². The van der Waals surface area contributed by atoms with Crippen molar-refractivity contribution in [3.8, 4) is 0 Å². The van der Waals surface area contributed by atoms with E-state index >= 15 is 0 Å². The number of halogens is 1. The molecular weight excluding hydrogens is 423 g/mol. The van der Waals surface area contributed by atoms with Crippen LogP contribution < -0.4 is 10.2 Å². The molecule has 1 fully saturated rings. The average molecular weight is 436 g/mol. The fourth-order valence-corrected chi connectivity index (χ4v) is 2.84. The summed E-state index contributed by atoms with van der Waals surface area (Å²) < 4.78 is 6.00. The zero-order chi connectivity index (χ0) is 17.4. The van der Waals surface area contributed by atoms with Crippen molar-refractivity contribution in [3.63, 3.8) is 0 Å². The standard InChI is InChI=1S/C17H13IN2O4/c1-9-4-3-5-13(10(9)2)20-16(22)12(15(21)19-17(20)23)8-11-6-7-14(18)24-11/h3-8H,1-2H3,(H,19,21,23)/b12-8+. The Labute approximate surface area is 151 Å². The number of carbonyl (C=O) groups is 3. The Hall–Kier alpha value is -2.42. The number of hydrogen-bond acceptors (Lipinski definition) is 4. The van der Waals surface area contributed by atoms with Gasteiger partial charge < -0.3 is 4.42 Å². The number of amides is 4. The van der Waals surface area contributed by atoms with Crippen LogP contribution in [-0.4, -0.2) is 17.8 Å². The first-order valence-electron chi connectivity index (χ1n) is 7.11. The Morgan fingerprint density at radius 1 is 1.12 bits per heavy atom. The third-order valence-electron chi connectivity index (χ3n) is 3.80. The Morgan fingerprint density at radius 2 is 1.88 bits per heavy atom. The van der Waals surface area contributed by atoms with Crippen molar-refractivity contribution in [2.45, 2.75) is 13.8 Å². The second-order valence-electron chi connectivity index (χ2n) is 5.32. The first-order chi connectivity index (χ1) is 11.4. The van der Waals surface area contributed by atoms with E-state index in [1.807, 2.05) is 42.5 Å². The number of aryl methyl sites for hydroxylation is 1. The summed E-state index contributed by atoms with van der Waals surface area (Å²) in [6.45, 7) is 3.71. The lowest BCUT2D eigenvalue weighted by Gasteiger charge is -2.27. The number of rotatable bonds is 2. The maximum atomic E-state index is 12.8. The Bertz CT molecular complexity index is 898. The molecule has 0 saturated carbocycles. The van der Waals surface area contributed by atoms with Crippen LogP contribution in [0.2, 0.25) is 0 Å². The predicted octanol–water partition coefficient (Wildman–Crippen LogP) is 3.17. The molecule has 0 bridgehead atoms. The molecule has 1 N–H and O–H groups in total. The molecule has 0 aliphatic carbocycles. The van der Waals surface area contributed by atoms with Crippen LogP contribution in [0.1, 0.15) is 16.9 Å². The van der Waals surface area contributed by atoms with Crippen molar-refractivity contribution in [2.24, 2.45) is 0 Å². The summed E-state index contributed by atoms with van der Waals surface area (Å²) in [6.07, 6.45) is 1.34. The van der Waals surface area contributed by atoms with Crippen molar-refractivity contribution < 1.29 is 18.8 Å². The molecule has 24 heavy (non-hydrogen) atoms. The molecule has 7 heteroatoms. The van der Waals surface area contributed by atoms with Gasteiger partial charge in [0.05, 0.1) is 5.69 Å². The first kappa shape index (κ1) is 16.4. The lowest BCUT2D eigenvalue weighted by molar-refractivity contribution is -0.122. The summed E-state index contributed by atoms with van der Waals surface area (Å²) >= 11 is 1.98. The van der Waals surface area contributed by atoms with Crippen molar-refractivity contribution >= 4 is 52.2 Å². The molecule has 0 unspecified atom stereocenters. The van der Waals surface area contributed by atoms with Crippen molar-refractivity contribution in [3.05, 3.63) is 56.6 Å². The smallest absolute Gasteiger partial charge is 0.335 e. The van der Waals surface area contributed by atoms with Gasteiger partial charge in [-0.3, -0.25) is 14.9 Å². The van der Waals surface area contributed by atoms with E-state index in [0.29, 0.717) is 15.2 Å². The molecule has 2 heterocycles. The fraction of sp³-hybridized carbons (Fsp3) is 0.118. The number of anilines is 1. The summed E-state index contributed by atoms with van der Waals surface area (Å²) in [5, 5.41) is 2.20. The number of urea groups is 1. The van der Waals surface area contributed by atoms with Gasteiger partial charge in [0.2, 0.25) is 0 Å². The fourth-order valence-electron chi connectivity index (χ4n) is 2.40. The van der Waals surface area contributed by atoms with Gasteiger partial charge in [0.25, 0.3) is 11.8 Å². The highest BCUT2D eigenvalue weighted by molar-refractivity contribution is 14.1. The lowest BCUT2D eigenvalue weighted by Crippen LogP contribution is -2.54. The quantitative estimate of drug-likeness (QED) is 0.446. The average Bonchev–Trinajstić information content (AvgIpc) is 2.93. The van der Waals surface area contributed by atoms with Crippen LogP contribution in [0.3, 0.4) is 0 Å². The Kier molecular flexibility index (Phi) is 4.27. The number of imide groups is 2. The summed E-state index contributed by atoms with van der Waals surface area (Å²) in [5.74, 6) is -1.05. The van der Waals surface area contributed by atoms with E-state index in [1.54, 1.807) is 24.3 Å². The number of barbiturate groups is 1. The van der Waals surface area contributed by atoms with E-state index in [9.17, 15) is 14.4 Å². The molecule has 1 aromatic heterocycles. The van der Waals surface area contributed by atoms with E-state index in [4.69, 9.17) is 4.42 Å². The zero-order valence-electron chi connectivity index (χ0n) is 12.9. The van der Waals surface area contributed by atoms with Gasteiger partial charge in [0.15, 0.2) is 3.77 Å². The molecule has 6 nitrogen and oxygen atoms in total. The summed E-state index contributed by atoms with van der Waals surface area (Å²) in [4.78, 5) is 38.0. The maximum Gasteiger partial charge on any atom is 0.335 e. The van der Waals surface area contributed by atoms with Crippen LogP contribution >= 0.6 is 22.6 Å². The minimum atomic E-state index is -0.759. The topological polar surface area (TPSA) is 79.6 Å². The van der Waals surface area contributed by atoms with E-state index in [0.717, 1.165) is 16.0 Å². The molecule has 4 amide bonds. The summed E-state index contributed by atoms with van der Waals surface area (Å²) in [7, 11) is 0. The lowest BCUT2D eigenvalue weighted by atomic mass is 10.0. The van der Waals surface area contributed by atoms with Gasteiger partial charge in [0, 0.05) is 0 Å². The first-order valence-corrected chi connectivity index (χ1v) is 8.19. The number of hydrogen-bond donors (Lipinski definition) is 1. The molecule has 1 aliphatic heterocycles. The van der Waals surface area contributed by atoms with Crippen molar-refractivity contribution in [1.82, 2.24) is 5.32 Å². The SMILES string of the molecule is Cc1cccc(N2C(=O)NC(=O)/C(=C\c3ccc(I)o3)C2=O)c1C. The highest BCUT2D eigenvalue weighted by atomic mass is 127. The minimum Gasteiger partial charge on any atom is -0.451 e. The van der Waals surface area contributed by atoms with Gasteiger partial charge in [0.1, 0.15) is 11.3 Å². The summed E-state index contributed by atoms with van der Waals surface area (Å²) in [6, 6.07) is 7.91. The van der Waals surface area contributed by atoms with Gasteiger partial charge in [-0.15, -0.1) is 0 Å². The summed E-state index contributed by atoms with van der Waals surface area (Å²) in [5.41, 5.74) is 2.03. The van der Waals surface area contributed by atoms with Crippen LogP contribution in [0.5, 0.6) is 0 Å². The third kappa shape index (κ3) is 2.86. The van der Waals surface area contributed by atoms with Crippen LogP contribution in [0.15, 0.2) is 40.3 Å². The molecule has 1 aromatic carbocycles. The molecule has 3 rings (SSSR count). The Balaban J connectivity index is 2.06. The number of benzene rings is 1. The van der Waals surface area contributed by atoms with Gasteiger partial charge in [-0.2, -0.15) is 0 Å². The minimum absolute atomic E-state index is 0.152. The van der Waals surface area contributed by atoms with Crippen molar-refractivity contribution in [2.75, 3.05) is 4.90 Å². The molecule has 1 saturated heterocycles. The van der Waals surface area contributed by atoms with Crippen LogP contribution in [0, 0.1) is 17.6 Å². The molecule has 1 aliphatic rings. The molecule has 0 atom stereocenters. The molecular formula is C17H13IN2O4. The van der Waals surface area contributed by atoms with Gasteiger partial charge in [-0.1, -0.05) is 12.1 Å². The highest BCUT2D eigenvalue weighted by Gasteiger charge is 2.37. The van der Waals surface area contributed by atoms with E-state index in [1.165, 1.54) is 6.08 Å². The third-order valence-corrected chi connectivity index (χ3v) is 4.38. The van der Waals surface area contributed by atoms with Crippen LogP contribution in [0.25, 0.3) is 6.08 Å². The molecule has 0 spiro atoms. The predicted molar refractivity (Wildman–Crippen MR) is 96.3 cm³/mol. The van der Waals surface area contributed by atoms with E-state index in [-0.39, 0.29) is 5.57 Å². The number of furan rings is 1. The van der Waals surface area contributed by atoms with E-state index < -0.39 is 17.8 Å². The second kappa shape index (κ2) is 6.23.